The van der Waals surface area contributed by atoms with Crippen LogP contribution < -0.4 is 15.8 Å². The number of carbonyl (C=O) groups excluding carboxylic acids is 5. The molecule has 2 aromatic rings. The van der Waals surface area contributed by atoms with Crippen LogP contribution in [-0.2, 0) is 19.1 Å². The first-order chi connectivity index (χ1) is 16.7. The number of amides is 4. The zero-order valence-electron chi connectivity index (χ0n) is 18.4. The summed E-state index contributed by atoms with van der Waals surface area (Å²) in [5.41, 5.74) is 5.97. The highest BCUT2D eigenvalue weighted by molar-refractivity contribution is 8.18. The lowest BCUT2D eigenvalue weighted by molar-refractivity contribution is -0.127. The number of nitrogens with two attached hydrogens (primary N) is 1. The van der Waals surface area contributed by atoms with Gasteiger partial charge in [0.15, 0.2) is 6.61 Å². The van der Waals surface area contributed by atoms with Crippen molar-refractivity contribution in [3.05, 3.63) is 63.5 Å². The highest BCUT2D eigenvalue weighted by Gasteiger charge is 2.36. The lowest BCUT2D eigenvalue weighted by atomic mass is 10.2. The lowest BCUT2D eigenvalue weighted by Crippen LogP contribution is -2.36. The van der Waals surface area contributed by atoms with Crippen LogP contribution in [0.1, 0.15) is 22.8 Å². The molecule has 0 bridgehead atoms. The van der Waals surface area contributed by atoms with Crippen molar-refractivity contribution in [3.8, 4) is 5.75 Å². The molecule has 12 heteroatoms. The third kappa shape index (κ3) is 6.84. The molecule has 3 rings (SSSR count). The zero-order valence-corrected chi connectivity index (χ0v) is 20.0. The number of esters is 1. The van der Waals surface area contributed by atoms with Crippen molar-refractivity contribution >= 4 is 64.1 Å². The molecule has 0 saturated carbocycles. The summed E-state index contributed by atoms with van der Waals surface area (Å²) in [5.74, 6) is -2.09. The number of hydrogen-bond acceptors (Lipinski definition) is 8. The normalized spacial score (nSPS) is 14.2. The number of nitrogens with one attached hydrogen (secondary N) is 1. The standard InChI is InChI=1S/C23H20ClN3O7S/c1-2-33-22(31)16-10-14(5-8-17(16)24)26-20(29)11-27-21(30)18(35-23(27)32)9-13-3-6-15(7-4-13)34-12-19(25)28/h3-10H,2,11-12H2,1H3,(H2,25,28)(H,26,29)/b18-9-. The average Bonchev–Trinajstić information content (AvgIpc) is 3.07. The number of hydrogen-bond donors (Lipinski definition) is 2. The molecule has 0 unspecified atom stereocenters. The van der Waals surface area contributed by atoms with Gasteiger partial charge in [0.05, 0.1) is 22.1 Å². The van der Waals surface area contributed by atoms with Crippen molar-refractivity contribution in [1.29, 1.82) is 0 Å². The Kier molecular flexibility index (Phi) is 8.50. The Balaban J connectivity index is 1.64. The van der Waals surface area contributed by atoms with Crippen molar-refractivity contribution in [3.63, 3.8) is 0 Å². The predicted octanol–water partition coefficient (Wildman–Crippen LogP) is 3.06. The van der Waals surface area contributed by atoms with Gasteiger partial charge in [-0.15, -0.1) is 0 Å². The number of nitrogens with zero attached hydrogens (tertiary/aromatic N) is 1. The maximum atomic E-state index is 12.7. The van der Waals surface area contributed by atoms with Gasteiger partial charge >= 0.3 is 5.97 Å². The molecule has 1 aliphatic heterocycles. The minimum absolute atomic E-state index is 0.0754. The number of rotatable bonds is 9. The van der Waals surface area contributed by atoms with Gasteiger partial charge in [0.1, 0.15) is 12.3 Å². The van der Waals surface area contributed by atoms with E-state index in [-0.39, 0.29) is 34.4 Å². The first kappa shape index (κ1) is 25.8. The maximum Gasteiger partial charge on any atom is 0.339 e. The summed E-state index contributed by atoms with van der Waals surface area (Å²) in [7, 11) is 0. The molecule has 0 aliphatic carbocycles. The molecule has 0 aromatic heterocycles. The third-order valence-electron chi connectivity index (χ3n) is 4.48. The van der Waals surface area contributed by atoms with Crippen molar-refractivity contribution < 1.29 is 33.4 Å². The molecule has 3 N–H and O–H groups in total. The molecule has 0 spiro atoms. The van der Waals surface area contributed by atoms with Crippen molar-refractivity contribution in [1.82, 2.24) is 4.90 Å². The Bertz CT molecular complexity index is 1210. The van der Waals surface area contributed by atoms with Crippen LogP contribution in [0.4, 0.5) is 10.5 Å². The van der Waals surface area contributed by atoms with E-state index in [4.69, 9.17) is 26.8 Å². The van der Waals surface area contributed by atoms with E-state index in [1.165, 1.54) is 24.3 Å². The Labute approximate surface area is 209 Å². The molecule has 35 heavy (non-hydrogen) atoms. The van der Waals surface area contributed by atoms with Crippen LogP contribution in [0.25, 0.3) is 6.08 Å². The molecule has 0 atom stereocenters. The van der Waals surface area contributed by atoms with Gasteiger partial charge in [-0.1, -0.05) is 23.7 Å². The number of carbonyl (C=O) groups is 5. The van der Waals surface area contributed by atoms with E-state index in [9.17, 15) is 24.0 Å². The van der Waals surface area contributed by atoms with Gasteiger partial charge in [-0.25, -0.2) is 4.79 Å². The predicted molar refractivity (Wildman–Crippen MR) is 130 cm³/mol. The number of halogens is 1. The van der Waals surface area contributed by atoms with Crippen LogP contribution in [0.15, 0.2) is 47.4 Å². The molecule has 4 amide bonds. The monoisotopic (exact) mass is 517 g/mol. The number of thioether (sulfide) groups is 1. The van der Waals surface area contributed by atoms with Gasteiger partial charge < -0.3 is 20.5 Å². The van der Waals surface area contributed by atoms with Crippen LogP contribution in [-0.4, -0.2) is 53.6 Å². The first-order valence-corrected chi connectivity index (χ1v) is 11.4. The molecule has 1 heterocycles. The minimum atomic E-state index is -0.642. The fourth-order valence-corrected chi connectivity index (χ4v) is 3.95. The van der Waals surface area contributed by atoms with E-state index in [2.05, 4.69) is 5.32 Å². The molecule has 1 aliphatic rings. The number of ether oxygens (including phenoxy) is 2. The topological polar surface area (TPSA) is 145 Å². The van der Waals surface area contributed by atoms with E-state index >= 15 is 0 Å². The number of primary amides is 1. The highest BCUT2D eigenvalue weighted by Crippen LogP contribution is 2.32. The molecule has 0 radical (unpaired) electrons. The Morgan fingerprint density at radius 3 is 2.51 bits per heavy atom. The second-order valence-corrected chi connectivity index (χ2v) is 8.46. The Morgan fingerprint density at radius 1 is 1.14 bits per heavy atom. The van der Waals surface area contributed by atoms with Gasteiger partial charge in [-0.2, -0.15) is 0 Å². The summed E-state index contributed by atoms with van der Waals surface area (Å²) in [6, 6.07) is 10.7. The van der Waals surface area contributed by atoms with Gasteiger partial charge in [-0.05, 0) is 60.7 Å². The largest absolute Gasteiger partial charge is 0.484 e. The van der Waals surface area contributed by atoms with Crippen molar-refractivity contribution in [2.24, 2.45) is 5.73 Å². The zero-order chi connectivity index (χ0) is 25.5. The van der Waals surface area contributed by atoms with Crippen LogP contribution in [0, 0.1) is 0 Å². The number of anilines is 1. The summed E-state index contributed by atoms with van der Waals surface area (Å²) < 4.78 is 10.1. The third-order valence-corrected chi connectivity index (χ3v) is 5.72. The fourth-order valence-electron chi connectivity index (χ4n) is 2.91. The maximum absolute atomic E-state index is 12.7. The summed E-state index contributed by atoms with van der Waals surface area (Å²) in [6.07, 6.45) is 1.51. The number of imide groups is 1. The van der Waals surface area contributed by atoms with Crippen LogP contribution in [0.2, 0.25) is 5.02 Å². The second kappa shape index (κ2) is 11.5. The summed E-state index contributed by atoms with van der Waals surface area (Å²) in [5, 5.41) is 2.10. The molecule has 1 fully saturated rings. The molecular weight excluding hydrogens is 498 g/mol. The van der Waals surface area contributed by atoms with Gasteiger partial charge in [0.2, 0.25) is 5.91 Å². The second-order valence-electron chi connectivity index (χ2n) is 7.06. The van der Waals surface area contributed by atoms with Crippen LogP contribution in [0.3, 0.4) is 0 Å². The molecule has 1 saturated heterocycles. The molecular formula is C23H20ClN3O7S. The van der Waals surface area contributed by atoms with E-state index in [1.807, 2.05) is 0 Å². The van der Waals surface area contributed by atoms with Crippen molar-refractivity contribution in [2.75, 3.05) is 25.1 Å². The molecule has 182 valence electrons. The molecule has 10 nitrogen and oxygen atoms in total. The summed E-state index contributed by atoms with van der Waals surface area (Å²) in [6.45, 7) is 1.03. The SMILES string of the molecule is CCOC(=O)c1cc(NC(=O)CN2C(=O)S/C(=C\c3ccc(OCC(N)=O)cc3)C2=O)ccc1Cl. The van der Waals surface area contributed by atoms with Gasteiger partial charge in [-0.3, -0.25) is 24.1 Å². The van der Waals surface area contributed by atoms with E-state index in [0.29, 0.717) is 23.1 Å². The fraction of sp³-hybridized carbons (Fsp3) is 0.174. The average molecular weight is 518 g/mol. The lowest BCUT2D eigenvalue weighted by Gasteiger charge is -2.13. The summed E-state index contributed by atoms with van der Waals surface area (Å²) >= 11 is 6.72. The quantitative estimate of drug-likeness (QED) is 0.381. The first-order valence-electron chi connectivity index (χ1n) is 10.2. The number of benzene rings is 2. The van der Waals surface area contributed by atoms with E-state index in [1.54, 1.807) is 31.2 Å². The van der Waals surface area contributed by atoms with Crippen LogP contribution in [0.5, 0.6) is 5.75 Å². The summed E-state index contributed by atoms with van der Waals surface area (Å²) in [4.78, 5) is 61.2. The van der Waals surface area contributed by atoms with E-state index < -0.39 is 35.5 Å². The Hall–Kier alpha value is -3.83. The highest BCUT2D eigenvalue weighted by atomic mass is 35.5. The molecule has 2 aromatic carbocycles. The van der Waals surface area contributed by atoms with Gasteiger partial charge in [0, 0.05) is 5.69 Å². The minimum Gasteiger partial charge on any atom is -0.484 e. The smallest absolute Gasteiger partial charge is 0.339 e. The van der Waals surface area contributed by atoms with Crippen molar-refractivity contribution in [2.45, 2.75) is 6.92 Å². The van der Waals surface area contributed by atoms with E-state index in [0.717, 1.165) is 4.90 Å². The Morgan fingerprint density at radius 2 is 1.86 bits per heavy atom. The van der Waals surface area contributed by atoms with Crippen LogP contribution >= 0.6 is 23.4 Å². The van der Waals surface area contributed by atoms with Gasteiger partial charge in [0.25, 0.3) is 17.1 Å².